The van der Waals surface area contributed by atoms with E-state index in [1.165, 1.54) is 12.1 Å². The van der Waals surface area contributed by atoms with Gasteiger partial charge in [-0.1, -0.05) is 57.2 Å². The van der Waals surface area contributed by atoms with Crippen LogP contribution in [0.15, 0.2) is 72.8 Å². The topological polar surface area (TPSA) is 117 Å². The van der Waals surface area contributed by atoms with Crippen molar-refractivity contribution in [3.63, 3.8) is 0 Å². The monoisotopic (exact) mass is 645 g/mol. The molecule has 0 aliphatic carbocycles. The molecule has 0 radical (unpaired) electrons. The molecule has 3 aromatic carbocycles. The van der Waals surface area contributed by atoms with Gasteiger partial charge in [0.1, 0.15) is 29.2 Å². The van der Waals surface area contributed by atoms with Crippen LogP contribution in [0.2, 0.25) is 0 Å². The normalized spacial score (nSPS) is 13.3. The van der Waals surface area contributed by atoms with Gasteiger partial charge in [0.05, 0.1) is 7.11 Å². The van der Waals surface area contributed by atoms with Crippen LogP contribution in [0.1, 0.15) is 84.0 Å². The van der Waals surface area contributed by atoms with Crippen molar-refractivity contribution < 1.29 is 29.0 Å². The van der Waals surface area contributed by atoms with Crippen LogP contribution in [-0.2, 0) is 27.2 Å². The molecule has 3 aromatic rings. The fourth-order valence-corrected chi connectivity index (χ4v) is 5.27. The second kappa shape index (κ2) is 16.9. The number of nitrogens with zero attached hydrogens (tertiary/aromatic N) is 1. The van der Waals surface area contributed by atoms with E-state index in [1.807, 2.05) is 31.2 Å². The molecule has 0 heterocycles. The van der Waals surface area contributed by atoms with Crippen molar-refractivity contribution in [2.24, 2.45) is 5.92 Å². The molecule has 0 fully saturated rings. The van der Waals surface area contributed by atoms with Gasteiger partial charge in [-0.2, -0.15) is 0 Å². The first-order valence-electron chi connectivity index (χ1n) is 16.3. The number of ether oxygens (including phenoxy) is 2. The molecule has 0 aliphatic rings. The summed E-state index contributed by atoms with van der Waals surface area (Å²) < 4.78 is 10.8. The first-order valence-corrected chi connectivity index (χ1v) is 16.3. The molecular weight excluding hydrogens is 594 g/mol. The summed E-state index contributed by atoms with van der Waals surface area (Å²) in [5, 5.41) is 15.7. The van der Waals surface area contributed by atoms with Gasteiger partial charge in [0, 0.05) is 18.2 Å². The van der Waals surface area contributed by atoms with Crippen molar-refractivity contribution in [3.05, 3.63) is 89.5 Å². The number of hydrogen-bond acceptors (Lipinski definition) is 6. The lowest BCUT2D eigenvalue weighted by Crippen LogP contribution is -2.55. The Balaban J connectivity index is 2.13. The molecular formula is C38H51N3O6. The zero-order valence-corrected chi connectivity index (χ0v) is 29.0. The standard InChI is InChI=1S/C38H51N3O6/c1-9-27-12-16-29(17-13-27)34(35(43)39-30-18-22-32(46-8)23-19-30)41(26(4)11-10-25(2)3)36(44)33(40-37(45)47-38(5,6)7)24-28-14-20-31(42)21-15-28/h12-23,25-26,33-34,42H,9-11,24H2,1-8H3,(H,39,43)(H,40,45). The highest BCUT2D eigenvalue weighted by Gasteiger charge is 2.39. The number of carbonyl (C=O) groups is 3. The average Bonchev–Trinajstić information content (AvgIpc) is 3.02. The Hall–Kier alpha value is -4.53. The van der Waals surface area contributed by atoms with Crippen LogP contribution in [0.3, 0.4) is 0 Å². The zero-order valence-electron chi connectivity index (χ0n) is 29.0. The highest BCUT2D eigenvalue weighted by Crippen LogP contribution is 2.30. The van der Waals surface area contributed by atoms with Gasteiger partial charge in [-0.3, -0.25) is 9.59 Å². The minimum absolute atomic E-state index is 0.0893. The Labute approximate surface area is 279 Å². The fourth-order valence-electron chi connectivity index (χ4n) is 5.27. The first kappa shape index (κ1) is 36.9. The summed E-state index contributed by atoms with van der Waals surface area (Å²) in [7, 11) is 1.57. The number of amides is 3. The van der Waals surface area contributed by atoms with Crippen molar-refractivity contribution in [2.45, 2.75) is 97.9 Å². The largest absolute Gasteiger partial charge is 0.508 e. The van der Waals surface area contributed by atoms with E-state index in [4.69, 9.17) is 9.47 Å². The van der Waals surface area contributed by atoms with Gasteiger partial charge >= 0.3 is 6.09 Å². The molecule has 0 aliphatic heterocycles. The SMILES string of the molecule is CCc1ccc(C(C(=O)Nc2ccc(OC)cc2)N(C(=O)C(Cc2ccc(O)cc2)NC(=O)OC(C)(C)C)C(C)CCC(C)C)cc1. The number of methoxy groups -OCH3 is 1. The van der Waals surface area contributed by atoms with Crippen LogP contribution in [0, 0.1) is 5.92 Å². The number of aryl methyl sites for hydroxylation is 1. The lowest BCUT2D eigenvalue weighted by atomic mass is 9.95. The summed E-state index contributed by atoms with van der Waals surface area (Å²) in [4.78, 5) is 44.0. The number of anilines is 1. The van der Waals surface area contributed by atoms with Crippen LogP contribution in [0.5, 0.6) is 11.5 Å². The Morgan fingerprint density at radius 2 is 1.45 bits per heavy atom. The predicted octanol–water partition coefficient (Wildman–Crippen LogP) is 7.43. The molecule has 3 unspecified atom stereocenters. The molecule has 0 saturated heterocycles. The maximum Gasteiger partial charge on any atom is 0.408 e. The third-order valence-electron chi connectivity index (χ3n) is 7.84. The molecule has 3 amide bonds. The average molecular weight is 646 g/mol. The maximum absolute atomic E-state index is 14.9. The van der Waals surface area contributed by atoms with Crippen molar-refractivity contribution in [2.75, 3.05) is 12.4 Å². The van der Waals surface area contributed by atoms with Gasteiger partial charge in [-0.05, 0) is 106 Å². The van der Waals surface area contributed by atoms with Crippen LogP contribution in [0.4, 0.5) is 10.5 Å². The number of phenolic OH excluding ortho intramolecular Hbond substituents is 1. The van der Waals surface area contributed by atoms with Crippen molar-refractivity contribution in [1.29, 1.82) is 0 Å². The number of nitrogens with one attached hydrogen (secondary N) is 2. The summed E-state index contributed by atoms with van der Waals surface area (Å²) in [5.41, 5.74) is 2.24. The second-order valence-corrected chi connectivity index (χ2v) is 13.4. The molecule has 9 nitrogen and oxygen atoms in total. The molecule has 0 saturated carbocycles. The van der Waals surface area contributed by atoms with E-state index in [9.17, 15) is 19.5 Å². The maximum atomic E-state index is 14.9. The van der Waals surface area contributed by atoms with Gasteiger partial charge < -0.3 is 30.1 Å². The van der Waals surface area contributed by atoms with Gasteiger partial charge in [0.15, 0.2) is 0 Å². The smallest absolute Gasteiger partial charge is 0.408 e. The van der Waals surface area contributed by atoms with Gasteiger partial charge in [0.25, 0.3) is 5.91 Å². The number of hydrogen-bond donors (Lipinski definition) is 3. The molecule has 47 heavy (non-hydrogen) atoms. The van der Waals surface area contributed by atoms with E-state index in [-0.39, 0.29) is 24.1 Å². The van der Waals surface area contributed by atoms with E-state index in [0.29, 0.717) is 29.3 Å². The number of aromatic hydroxyl groups is 1. The third-order valence-corrected chi connectivity index (χ3v) is 7.84. The molecule has 254 valence electrons. The Morgan fingerprint density at radius 3 is 1.98 bits per heavy atom. The summed E-state index contributed by atoms with van der Waals surface area (Å²) in [5.74, 6) is 0.308. The van der Waals surface area contributed by atoms with E-state index in [2.05, 4.69) is 31.4 Å². The van der Waals surface area contributed by atoms with Crippen LogP contribution in [-0.4, -0.2) is 52.7 Å². The van der Waals surface area contributed by atoms with Crippen molar-refractivity contribution >= 4 is 23.6 Å². The minimum Gasteiger partial charge on any atom is -0.508 e. The predicted molar refractivity (Wildman–Crippen MR) is 186 cm³/mol. The Kier molecular flexibility index (Phi) is 13.2. The molecule has 0 bridgehead atoms. The van der Waals surface area contributed by atoms with E-state index >= 15 is 0 Å². The van der Waals surface area contributed by atoms with Gasteiger partial charge in [0.2, 0.25) is 5.91 Å². The number of carbonyl (C=O) groups excluding carboxylic acids is 3. The second-order valence-electron chi connectivity index (χ2n) is 13.4. The number of phenols is 1. The fraction of sp³-hybridized carbons (Fsp3) is 0.447. The Morgan fingerprint density at radius 1 is 0.851 bits per heavy atom. The molecule has 0 spiro atoms. The zero-order chi connectivity index (χ0) is 34.7. The van der Waals surface area contributed by atoms with E-state index < -0.39 is 29.7 Å². The van der Waals surface area contributed by atoms with E-state index in [0.717, 1.165) is 24.0 Å². The summed E-state index contributed by atoms with van der Waals surface area (Å²) >= 11 is 0. The summed E-state index contributed by atoms with van der Waals surface area (Å²) in [6.07, 6.45) is 1.67. The molecule has 3 atom stereocenters. The van der Waals surface area contributed by atoms with E-state index in [1.54, 1.807) is 69.2 Å². The quantitative estimate of drug-likeness (QED) is 0.168. The van der Waals surface area contributed by atoms with Gasteiger partial charge in [-0.15, -0.1) is 0 Å². The molecule has 0 aromatic heterocycles. The lowest BCUT2D eigenvalue weighted by molar-refractivity contribution is -0.143. The van der Waals surface area contributed by atoms with Crippen LogP contribution in [0.25, 0.3) is 0 Å². The summed E-state index contributed by atoms with van der Waals surface area (Å²) in [6, 6.07) is 18.8. The minimum atomic E-state index is -1.07. The summed E-state index contributed by atoms with van der Waals surface area (Å²) in [6.45, 7) is 13.5. The van der Waals surface area contributed by atoms with Gasteiger partial charge in [-0.25, -0.2) is 4.79 Å². The number of alkyl carbamates (subject to hydrolysis) is 1. The number of rotatable bonds is 14. The third kappa shape index (κ3) is 11.3. The Bertz CT molecular complexity index is 1450. The lowest BCUT2D eigenvalue weighted by Gasteiger charge is -2.39. The van der Waals surface area contributed by atoms with Crippen LogP contribution >= 0.6 is 0 Å². The first-order chi connectivity index (χ1) is 22.2. The van der Waals surface area contributed by atoms with Crippen LogP contribution < -0.4 is 15.4 Å². The highest BCUT2D eigenvalue weighted by atomic mass is 16.6. The molecule has 3 N–H and O–H groups in total. The van der Waals surface area contributed by atoms with Crippen molar-refractivity contribution in [1.82, 2.24) is 10.2 Å². The highest BCUT2D eigenvalue weighted by molar-refractivity contribution is 5.99. The van der Waals surface area contributed by atoms with Crippen molar-refractivity contribution in [3.8, 4) is 11.5 Å². The molecule has 3 rings (SSSR count). The number of benzene rings is 3. The molecule has 9 heteroatoms.